The van der Waals surface area contributed by atoms with Crippen LogP contribution in [0.1, 0.15) is 46.7 Å². The van der Waals surface area contributed by atoms with Crippen molar-refractivity contribution in [3.05, 3.63) is 104 Å². The summed E-state index contributed by atoms with van der Waals surface area (Å²) in [5.74, 6) is -1.60. The van der Waals surface area contributed by atoms with Gasteiger partial charge >= 0.3 is 0 Å². The molecule has 6 heteroatoms. The van der Waals surface area contributed by atoms with Gasteiger partial charge in [-0.05, 0) is 85.2 Å². The number of fused-ring (bicyclic) bond motifs is 1. The number of Topliss-reactive ketones (excluding diaryl/α,β-unsaturated/α-hetero) is 1. The van der Waals surface area contributed by atoms with Gasteiger partial charge in [0.05, 0.1) is 21.7 Å². The molecular formula is C28H23Cl2NO3. The quantitative estimate of drug-likeness (QED) is 0.248. The van der Waals surface area contributed by atoms with Crippen molar-refractivity contribution in [3.8, 4) is 0 Å². The molecule has 1 N–H and O–H groups in total. The van der Waals surface area contributed by atoms with E-state index >= 15 is 0 Å². The number of nitrogens with zero attached hydrogens (tertiary/aromatic N) is 1. The van der Waals surface area contributed by atoms with Crippen molar-refractivity contribution in [2.45, 2.75) is 38.6 Å². The van der Waals surface area contributed by atoms with Crippen LogP contribution in [0.4, 0.5) is 5.69 Å². The van der Waals surface area contributed by atoms with Crippen molar-refractivity contribution in [1.29, 1.82) is 0 Å². The molecule has 1 amide bonds. The first-order valence-corrected chi connectivity index (χ1v) is 12.1. The molecule has 0 spiro atoms. The van der Waals surface area contributed by atoms with E-state index in [0.29, 0.717) is 26.9 Å². The summed E-state index contributed by atoms with van der Waals surface area (Å²) in [4.78, 5) is 28.1. The van der Waals surface area contributed by atoms with Crippen molar-refractivity contribution >= 4 is 46.3 Å². The van der Waals surface area contributed by atoms with Gasteiger partial charge in [0.2, 0.25) is 0 Å². The maximum absolute atomic E-state index is 13.3. The molecule has 0 radical (unpaired) electrons. The number of hydrogen-bond donors (Lipinski definition) is 1. The molecule has 3 aromatic rings. The summed E-state index contributed by atoms with van der Waals surface area (Å²) in [5, 5.41) is 12.1. The minimum atomic E-state index is -0.840. The number of amides is 1. The van der Waals surface area contributed by atoms with Crippen LogP contribution in [-0.4, -0.2) is 16.8 Å². The monoisotopic (exact) mass is 491 g/mol. The highest BCUT2D eigenvalue weighted by molar-refractivity contribution is 6.51. The Labute approximate surface area is 208 Å². The first-order chi connectivity index (χ1) is 16.3. The van der Waals surface area contributed by atoms with Crippen LogP contribution >= 0.6 is 23.2 Å². The number of aliphatic hydroxyl groups excluding tert-OH is 1. The SMILES string of the molecule is Cc1cccc(N2C(=O)C(=O)/C(=C(\O)c3ccc4c(c3)CCCC4)C2c2ccc(Cl)c(Cl)c2)c1. The highest BCUT2D eigenvalue weighted by Gasteiger charge is 2.47. The molecule has 1 aliphatic heterocycles. The van der Waals surface area contributed by atoms with Crippen LogP contribution in [0.15, 0.2) is 66.2 Å². The minimum absolute atomic E-state index is 0.0423. The average molecular weight is 492 g/mol. The number of aliphatic hydroxyl groups is 1. The molecule has 4 nitrogen and oxygen atoms in total. The molecule has 5 rings (SSSR count). The van der Waals surface area contributed by atoms with E-state index in [1.165, 1.54) is 16.0 Å². The molecule has 0 aromatic heterocycles. The van der Waals surface area contributed by atoms with Crippen molar-refractivity contribution in [1.82, 2.24) is 0 Å². The fraction of sp³-hybridized carbons (Fsp3) is 0.214. The lowest BCUT2D eigenvalue weighted by atomic mass is 9.88. The number of carbonyl (C=O) groups is 2. The number of anilines is 1. The van der Waals surface area contributed by atoms with Crippen LogP contribution in [0.2, 0.25) is 10.0 Å². The first kappa shape index (κ1) is 22.7. The molecule has 1 aliphatic carbocycles. The molecule has 172 valence electrons. The Morgan fingerprint density at radius 2 is 1.68 bits per heavy atom. The summed E-state index contributed by atoms with van der Waals surface area (Å²) >= 11 is 12.4. The summed E-state index contributed by atoms with van der Waals surface area (Å²) in [6.07, 6.45) is 4.19. The lowest BCUT2D eigenvalue weighted by Gasteiger charge is -2.26. The second kappa shape index (κ2) is 8.94. The molecular weight excluding hydrogens is 469 g/mol. The smallest absolute Gasteiger partial charge is 0.300 e. The summed E-state index contributed by atoms with van der Waals surface area (Å²) in [6.45, 7) is 1.92. The van der Waals surface area contributed by atoms with E-state index in [0.717, 1.165) is 31.2 Å². The maximum Gasteiger partial charge on any atom is 0.300 e. The topological polar surface area (TPSA) is 57.6 Å². The van der Waals surface area contributed by atoms with Gasteiger partial charge in [-0.3, -0.25) is 14.5 Å². The Bertz CT molecular complexity index is 1360. The van der Waals surface area contributed by atoms with Gasteiger partial charge in [-0.1, -0.05) is 53.5 Å². The van der Waals surface area contributed by atoms with E-state index in [1.54, 1.807) is 24.3 Å². The largest absolute Gasteiger partial charge is 0.507 e. The van der Waals surface area contributed by atoms with Gasteiger partial charge in [0.1, 0.15) is 5.76 Å². The lowest BCUT2D eigenvalue weighted by molar-refractivity contribution is -0.132. The number of carbonyl (C=O) groups excluding carboxylic acids is 2. The molecule has 3 aromatic carbocycles. The summed E-state index contributed by atoms with van der Waals surface area (Å²) in [7, 11) is 0. The zero-order valence-electron chi connectivity index (χ0n) is 18.6. The Morgan fingerprint density at radius 1 is 0.912 bits per heavy atom. The third-order valence-electron chi connectivity index (χ3n) is 6.61. The molecule has 1 unspecified atom stereocenters. The lowest BCUT2D eigenvalue weighted by Crippen LogP contribution is -2.29. The van der Waals surface area contributed by atoms with Gasteiger partial charge in [0.25, 0.3) is 11.7 Å². The molecule has 1 fully saturated rings. The third-order valence-corrected chi connectivity index (χ3v) is 7.34. The summed E-state index contributed by atoms with van der Waals surface area (Å²) in [5.41, 5.74) is 5.13. The van der Waals surface area contributed by atoms with Crippen LogP contribution in [-0.2, 0) is 22.4 Å². The van der Waals surface area contributed by atoms with Crippen molar-refractivity contribution in [2.24, 2.45) is 0 Å². The van der Waals surface area contributed by atoms with Gasteiger partial charge in [0, 0.05) is 11.3 Å². The third kappa shape index (κ3) is 3.91. The van der Waals surface area contributed by atoms with Crippen LogP contribution in [0.25, 0.3) is 5.76 Å². The number of aryl methyl sites for hydroxylation is 3. The molecule has 0 bridgehead atoms. The predicted molar refractivity (Wildman–Crippen MR) is 136 cm³/mol. The van der Waals surface area contributed by atoms with Gasteiger partial charge in [-0.2, -0.15) is 0 Å². The highest BCUT2D eigenvalue weighted by Crippen LogP contribution is 2.43. The fourth-order valence-corrected chi connectivity index (χ4v) is 5.22. The van der Waals surface area contributed by atoms with E-state index in [1.807, 2.05) is 43.3 Å². The average Bonchev–Trinajstić information content (AvgIpc) is 3.10. The summed E-state index contributed by atoms with van der Waals surface area (Å²) < 4.78 is 0. The molecule has 1 saturated heterocycles. The number of ketones is 1. The van der Waals surface area contributed by atoms with Crippen LogP contribution < -0.4 is 4.90 Å². The number of rotatable bonds is 3. The fourth-order valence-electron chi connectivity index (χ4n) is 4.91. The van der Waals surface area contributed by atoms with Crippen molar-refractivity contribution in [2.75, 3.05) is 4.90 Å². The Morgan fingerprint density at radius 3 is 2.41 bits per heavy atom. The van der Waals surface area contributed by atoms with Gasteiger partial charge < -0.3 is 5.11 Å². The summed E-state index contributed by atoms with van der Waals surface area (Å²) in [6, 6.07) is 17.3. The number of hydrogen-bond acceptors (Lipinski definition) is 3. The normalized spacial score (nSPS) is 19.4. The van der Waals surface area contributed by atoms with E-state index in [9.17, 15) is 14.7 Å². The highest BCUT2D eigenvalue weighted by atomic mass is 35.5. The van der Waals surface area contributed by atoms with Gasteiger partial charge in [0.15, 0.2) is 0 Å². The Kier molecular flexibility index (Phi) is 5.97. The Balaban J connectivity index is 1.71. The molecule has 2 aliphatic rings. The molecule has 1 heterocycles. The van der Waals surface area contributed by atoms with E-state index in [2.05, 4.69) is 0 Å². The molecule has 34 heavy (non-hydrogen) atoms. The second-order valence-electron chi connectivity index (χ2n) is 8.87. The van der Waals surface area contributed by atoms with Crippen LogP contribution in [0.5, 0.6) is 0 Å². The maximum atomic E-state index is 13.3. The first-order valence-electron chi connectivity index (χ1n) is 11.3. The number of halogens is 2. The van der Waals surface area contributed by atoms with Crippen molar-refractivity contribution in [3.63, 3.8) is 0 Å². The standard InChI is InChI=1S/C28H23Cl2NO3/c1-16-5-4-8-21(13-16)31-25(19-11-12-22(29)23(30)15-19)24(27(33)28(31)34)26(32)20-10-9-17-6-2-3-7-18(17)14-20/h4-5,8-15,25,32H,2-3,6-7H2,1H3/b26-24-. The second-order valence-corrected chi connectivity index (χ2v) is 9.69. The number of benzene rings is 3. The van der Waals surface area contributed by atoms with Crippen LogP contribution in [0, 0.1) is 6.92 Å². The molecule has 0 saturated carbocycles. The van der Waals surface area contributed by atoms with Crippen LogP contribution in [0.3, 0.4) is 0 Å². The molecule has 1 atom stereocenters. The van der Waals surface area contributed by atoms with E-state index in [-0.39, 0.29) is 11.3 Å². The van der Waals surface area contributed by atoms with Gasteiger partial charge in [-0.15, -0.1) is 0 Å². The van der Waals surface area contributed by atoms with Crippen molar-refractivity contribution < 1.29 is 14.7 Å². The van der Waals surface area contributed by atoms with E-state index < -0.39 is 17.7 Å². The Hall–Kier alpha value is -3.08. The zero-order valence-corrected chi connectivity index (χ0v) is 20.2. The van der Waals surface area contributed by atoms with Gasteiger partial charge in [-0.25, -0.2) is 0 Å². The zero-order chi connectivity index (χ0) is 24.0. The minimum Gasteiger partial charge on any atom is -0.507 e. The van der Waals surface area contributed by atoms with E-state index in [4.69, 9.17) is 23.2 Å². The predicted octanol–water partition coefficient (Wildman–Crippen LogP) is 6.81.